The Kier molecular flexibility index (Phi) is 5.22. The van der Waals surface area contributed by atoms with E-state index in [-0.39, 0.29) is 17.4 Å². The Balaban J connectivity index is 1.54. The Morgan fingerprint density at radius 1 is 1.11 bits per heavy atom. The quantitative estimate of drug-likeness (QED) is 0.761. The molecule has 2 N–H and O–H groups in total. The minimum absolute atomic E-state index is 0.140. The second-order valence-corrected chi connectivity index (χ2v) is 8.16. The molecule has 5 nitrogen and oxygen atoms in total. The van der Waals surface area contributed by atoms with Crippen LogP contribution in [-0.4, -0.2) is 17.4 Å². The number of hydrogen-bond acceptors (Lipinski definition) is 3. The summed E-state index contributed by atoms with van der Waals surface area (Å²) in [7, 11) is 0. The van der Waals surface area contributed by atoms with Crippen LogP contribution in [0.3, 0.4) is 0 Å². The molecular formula is C22H26N2O3. The van der Waals surface area contributed by atoms with E-state index < -0.39 is 0 Å². The lowest BCUT2D eigenvalue weighted by atomic mass is 10.1. The van der Waals surface area contributed by atoms with E-state index in [9.17, 15) is 9.59 Å². The zero-order chi connectivity index (χ0) is 19.6. The molecule has 1 aliphatic carbocycles. The normalized spacial score (nSPS) is 19.1. The highest BCUT2D eigenvalue weighted by Crippen LogP contribution is 2.47. The van der Waals surface area contributed by atoms with E-state index in [2.05, 4.69) is 17.6 Å². The predicted octanol–water partition coefficient (Wildman–Crippen LogP) is 4.58. The number of carbonyl (C=O) groups is 2. The highest BCUT2D eigenvalue weighted by molar-refractivity contribution is 6.02. The van der Waals surface area contributed by atoms with Crippen molar-refractivity contribution in [1.29, 1.82) is 0 Å². The topological polar surface area (TPSA) is 71.3 Å². The van der Waals surface area contributed by atoms with Gasteiger partial charge in [0.1, 0.15) is 11.5 Å². The molecule has 2 unspecified atom stereocenters. The van der Waals surface area contributed by atoms with E-state index in [0.717, 1.165) is 5.76 Å². The third-order valence-electron chi connectivity index (χ3n) is 4.42. The van der Waals surface area contributed by atoms with Gasteiger partial charge in [0.05, 0.1) is 0 Å². The van der Waals surface area contributed by atoms with Crippen molar-refractivity contribution >= 4 is 23.6 Å². The number of hydrogen-bond donors (Lipinski definition) is 2. The van der Waals surface area contributed by atoms with Gasteiger partial charge in [-0.2, -0.15) is 0 Å². The first kappa shape index (κ1) is 19.0. The van der Waals surface area contributed by atoms with Crippen LogP contribution in [0.25, 0.3) is 6.08 Å². The van der Waals surface area contributed by atoms with Crippen molar-refractivity contribution in [1.82, 2.24) is 5.32 Å². The molecule has 1 heterocycles. The molecule has 0 radical (unpaired) electrons. The molecule has 1 aromatic carbocycles. The summed E-state index contributed by atoms with van der Waals surface area (Å²) < 4.78 is 5.75. The lowest BCUT2D eigenvalue weighted by Crippen LogP contribution is -2.40. The number of anilines is 1. The Hall–Kier alpha value is -2.82. The average Bonchev–Trinajstić information content (AvgIpc) is 3.13. The Morgan fingerprint density at radius 2 is 1.78 bits per heavy atom. The Labute approximate surface area is 159 Å². The lowest BCUT2D eigenvalue weighted by Gasteiger charge is -2.20. The van der Waals surface area contributed by atoms with E-state index in [0.29, 0.717) is 28.8 Å². The van der Waals surface area contributed by atoms with Gasteiger partial charge in [-0.05, 0) is 75.6 Å². The number of nitrogens with one attached hydrogen (secondary N) is 2. The van der Waals surface area contributed by atoms with E-state index in [1.165, 1.54) is 12.5 Å². The molecule has 2 atom stereocenters. The van der Waals surface area contributed by atoms with Crippen LogP contribution in [0.1, 0.15) is 61.9 Å². The lowest BCUT2D eigenvalue weighted by molar-refractivity contribution is -0.111. The molecule has 2 aromatic rings. The number of benzene rings is 1. The van der Waals surface area contributed by atoms with Crippen molar-refractivity contribution < 1.29 is 14.0 Å². The highest BCUT2D eigenvalue weighted by atomic mass is 16.3. The average molecular weight is 366 g/mol. The van der Waals surface area contributed by atoms with Crippen molar-refractivity contribution in [3.05, 3.63) is 59.6 Å². The fraction of sp³-hybridized carbons (Fsp3) is 0.364. The van der Waals surface area contributed by atoms with Gasteiger partial charge in [-0.3, -0.25) is 9.59 Å². The van der Waals surface area contributed by atoms with Crippen LogP contribution in [0.2, 0.25) is 0 Å². The summed E-state index contributed by atoms with van der Waals surface area (Å²) in [6.07, 6.45) is 4.27. The number of rotatable bonds is 5. The molecule has 3 rings (SSSR count). The second-order valence-electron chi connectivity index (χ2n) is 8.16. The van der Waals surface area contributed by atoms with Crippen LogP contribution in [0.15, 0.2) is 46.9 Å². The van der Waals surface area contributed by atoms with E-state index in [1.807, 2.05) is 32.9 Å². The molecule has 1 fully saturated rings. The van der Waals surface area contributed by atoms with Crippen LogP contribution in [0.4, 0.5) is 5.69 Å². The van der Waals surface area contributed by atoms with E-state index >= 15 is 0 Å². The molecule has 0 aliphatic heterocycles. The Morgan fingerprint density at radius 3 is 2.37 bits per heavy atom. The predicted molar refractivity (Wildman–Crippen MR) is 107 cm³/mol. The first-order valence-electron chi connectivity index (χ1n) is 9.23. The summed E-state index contributed by atoms with van der Waals surface area (Å²) >= 11 is 0. The minimum atomic E-state index is -0.294. The van der Waals surface area contributed by atoms with Gasteiger partial charge in [0.2, 0.25) is 5.91 Å². The van der Waals surface area contributed by atoms with Gasteiger partial charge in [-0.15, -0.1) is 0 Å². The van der Waals surface area contributed by atoms with Gasteiger partial charge in [0.15, 0.2) is 0 Å². The van der Waals surface area contributed by atoms with Crippen LogP contribution < -0.4 is 10.6 Å². The molecule has 0 spiro atoms. The summed E-state index contributed by atoms with van der Waals surface area (Å²) in [6, 6.07) is 10.7. The maximum Gasteiger partial charge on any atom is 0.251 e. The summed E-state index contributed by atoms with van der Waals surface area (Å²) in [5, 5.41) is 5.68. The van der Waals surface area contributed by atoms with Crippen LogP contribution >= 0.6 is 0 Å². The first-order valence-corrected chi connectivity index (χ1v) is 9.23. The molecule has 1 aliphatic rings. The van der Waals surface area contributed by atoms with Gasteiger partial charge >= 0.3 is 0 Å². The zero-order valence-electron chi connectivity index (χ0n) is 16.2. The van der Waals surface area contributed by atoms with Gasteiger partial charge in [-0.1, -0.05) is 6.92 Å². The molecule has 5 heteroatoms. The van der Waals surface area contributed by atoms with Crippen molar-refractivity contribution in [2.45, 2.75) is 45.6 Å². The molecular weight excluding hydrogens is 340 g/mol. The smallest absolute Gasteiger partial charge is 0.251 e. The van der Waals surface area contributed by atoms with Gasteiger partial charge in [-0.25, -0.2) is 0 Å². The largest absolute Gasteiger partial charge is 0.461 e. The minimum Gasteiger partial charge on any atom is -0.461 e. The van der Waals surface area contributed by atoms with Crippen molar-refractivity contribution in [3.63, 3.8) is 0 Å². The Bertz CT molecular complexity index is 856. The molecule has 142 valence electrons. The molecule has 27 heavy (non-hydrogen) atoms. The summed E-state index contributed by atoms with van der Waals surface area (Å²) in [5.41, 5.74) is 0.887. The molecule has 0 bridgehead atoms. The van der Waals surface area contributed by atoms with Crippen LogP contribution in [0, 0.1) is 5.92 Å². The van der Waals surface area contributed by atoms with Gasteiger partial charge in [0.25, 0.3) is 5.91 Å². The number of furan rings is 1. The first-order chi connectivity index (χ1) is 12.7. The SMILES string of the molecule is CC1CC1c1ccc(/C=C/C(=O)Nc2ccc(C(=O)NC(C)(C)C)cc2)o1. The fourth-order valence-corrected chi connectivity index (χ4v) is 2.84. The van der Waals surface area contributed by atoms with Crippen LogP contribution in [-0.2, 0) is 4.79 Å². The van der Waals surface area contributed by atoms with Crippen LogP contribution in [0.5, 0.6) is 0 Å². The maximum absolute atomic E-state index is 12.1. The monoisotopic (exact) mass is 366 g/mol. The summed E-state index contributed by atoms with van der Waals surface area (Å²) in [4.78, 5) is 24.2. The second kappa shape index (κ2) is 7.43. The molecule has 0 saturated heterocycles. The van der Waals surface area contributed by atoms with Crippen molar-refractivity contribution in [2.24, 2.45) is 5.92 Å². The summed E-state index contributed by atoms with van der Waals surface area (Å²) in [5.74, 6) is 2.48. The van der Waals surface area contributed by atoms with Crippen molar-refractivity contribution in [2.75, 3.05) is 5.32 Å². The van der Waals surface area contributed by atoms with Gasteiger partial charge < -0.3 is 15.1 Å². The third-order valence-corrected chi connectivity index (χ3v) is 4.42. The standard InChI is InChI=1S/C22H26N2O3/c1-14-13-18(14)19-11-9-17(27-19)10-12-20(25)23-16-7-5-15(6-8-16)21(26)24-22(2,3)4/h5-12,14,18H,13H2,1-4H3,(H,23,25)(H,24,26)/b12-10+. The number of amides is 2. The maximum atomic E-state index is 12.1. The van der Waals surface area contributed by atoms with Gasteiger partial charge in [0, 0.05) is 28.8 Å². The number of carbonyl (C=O) groups excluding carboxylic acids is 2. The van der Waals surface area contributed by atoms with Crippen molar-refractivity contribution in [3.8, 4) is 0 Å². The molecule has 1 aromatic heterocycles. The third kappa shape index (κ3) is 5.33. The van der Waals surface area contributed by atoms with E-state index in [1.54, 1.807) is 30.3 Å². The zero-order valence-corrected chi connectivity index (χ0v) is 16.2. The molecule has 1 saturated carbocycles. The summed E-state index contributed by atoms with van der Waals surface area (Å²) in [6.45, 7) is 7.99. The fourth-order valence-electron chi connectivity index (χ4n) is 2.84. The van der Waals surface area contributed by atoms with E-state index in [4.69, 9.17) is 4.42 Å². The highest BCUT2D eigenvalue weighted by Gasteiger charge is 2.36. The molecule has 2 amide bonds.